The molecule has 2 aromatic carbocycles. The zero-order valence-corrected chi connectivity index (χ0v) is 15.3. The van der Waals surface area contributed by atoms with Gasteiger partial charge in [0.25, 0.3) is 0 Å². The molecule has 0 aromatic heterocycles. The van der Waals surface area contributed by atoms with Crippen molar-refractivity contribution in [1.29, 1.82) is 0 Å². The first-order chi connectivity index (χ1) is 12.2. The summed E-state index contributed by atoms with van der Waals surface area (Å²) in [7, 11) is 0. The Hall–Kier alpha value is -2.41. The Bertz CT molecular complexity index is 908. The van der Waals surface area contributed by atoms with E-state index in [1.54, 1.807) is 12.1 Å². The SMILES string of the molecule is CCNc1ccc(Br)cc(C(=O)/C=C/c2cccc(C(F)(F)F)c2)c1=O. The second kappa shape index (κ2) is 8.31. The lowest BCUT2D eigenvalue weighted by Gasteiger charge is -2.06. The van der Waals surface area contributed by atoms with Gasteiger partial charge in [-0.05, 0) is 48.9 Å². The Morgan fingerprint density at radius 2 is 1.92 bits per heavy atom. The fourth-order valence-corrected chi connectivity index (χ4v) is 2.59. The summed E-state index contributed by atoms with van der Waals surface area (Å²) in [5, 5.41) is 2.88. The molecule has 0 heterocycles. The molecule has 0 amide bonds. The Kier molecular flexibility index (Phi) is 6.37. The van der Waals surface area contributed by atoms with Crippen molar-refractivity contribution in [3.05, 3.63) is 79.9 Å². The highest BCUT2D eigenvalue weighted by atomic mass is 79.9. The van der Waals surface area contributed by atoms with E-state index >= 15 is 0 Å². The van der Waals surface area contributed by atoms with E-state index in [4.69, 9.17) is 0 Å². The fraction of sp³-hybridized carbons (Fsp3) is 0.158. The van der Waals surface area contributed by atoms with E-state index in [1.807, 2.05) is 6.92 Å². The molecule has 2 rings (SSSR count). The van der Waals surface area contributed by atoms with E-state index in [9.17, 15) is 22.8 Å². The lowest BCUT2D eigenvalue weighted by Crippen LogP contribution is -2.15. The number of rotatable bonds is 5. The van der Waals surface area contributed by atoms with Crippen molar-refractivity contribution in [2.45, 2.75) is 13.1 Å². The third-order valence-corrected chi connectivity index (χ3v) is 3.95. The largest absolute Gasteiger partial charge is 0.416 e. The normalized spacial score (nSPS) is 11.6. The highest BCUT2D eigenvalue weighted by Gasteiger charge is 2.30. The van der Waals surface area contributed by atoms with E-state index in [2.05, 4.69) is 21.2 Å². The maximum atomic E-state index is 12.7. The molecule has 7 heteroatoms. The van der Waals surface area contributed by atoms with Gasteiger partial charge in [0.15, 0.2) is 5.78 Å². The summed E-state index contributed by atoms with van der Waals surface area (Å²) in [4.78, 5) is 24.9. The molecule has 0 bridgehead atoms. The molecule has 26 heavy (non-hydrogen) atoms. The Morgan fingerprint density at radius 1 is 1.19 bits per heavy atom. The van der Waals surface area contributed by atoms with E-state index in [-0.39, 0.29) is 16.8 Å². The van der Waals surface area contributed by atoms with Crippen molar-refractivity contribution >= 4 is 33.5 Å². The van der Waals surface area contributed by atoms with Crippen molar-refractivity contribution < 1.29 is 18.0 Å². The molecule has 136 valence electrons. The van der Waals surface area contributed by atoms with Crippen molar-refractivity contribution in [2.75, 3.05) is 11.9 Å². The van der Waals surface area contributed by atoms with Crippen LogP contribution >= 0.6 is 15.9 Å². The number of carbonyl (C=O) groups excluding carboxylic acids is 1. The van der Waals surface area contributed by atoms with E-state index in [1.165, 1.54) is 24.3 Å². The number of allylic oxidation sites excluding steroid dienone is 1. The van der Waals surface area contributed by atoms with Crippen LogP contribution in [0.3, 0.4) is 0 Å². The minimum Gasteiger partial charge on any atom is -0.382 e. The Morgan fingerprint density at radius 3 is 2.58 bits per heavy atom. The van der Waals surface area contributed by atoms with Gasteiger partial charge in [0, 0.05) is 11.0 Å². The van der Waals surface area contributed by atoms with Gasteiger partial charge in [0.05, 0.1) is 16.8 Å². The van der Waals surface area contributed by atoms with Crippen LogP contribution in [0, 0.1) is 0 Å². The standard InChI is InChI=1S/C19H15BrF3NO2/c1-2-24-16-8-7-14(20)11-15(18(16)26)17(25)9-6-12-4-3-5-13(10-12)19(21,22)23/h3-11H,2H2,1H3,(H,24,26)/b9-6+. The molecule has 0 aliphatic carbocycles. The van der Waals surface area contributed by atoms with Gasteiger partial charge in [0.1, 0.15) is 0 Å². The third kappa shape index (κ3) is 5.05. The summed E-state index contributed by atoms with van der Waals surface area (Å²) in [5.74, 6) is -0.594. The molecular formula is C19H15BrF3NO2. The molecule has 3 nitrogen and oxygen atoms in total. The van der Waals surface area contributed by atoms with Gasteiger partial charge in [-0.15, -0.1) is 0 Å². The summed E-state index contributed by atoms with van der Waals surface area (Å²) >= 11 is 3.24. The maximum absolute atomic E-state index is 12.7. The molecule has 0 aliphatic heterocycles. The average Bonchev–Trinajstić information content (AvgIpc) is 2.73. The number of carbonyl (C=O) groups is 1. The number of alkyl halides is 3. The van der Waals surface area contributed by atoms with E-state index in [0.717, 1.165) is 18.2 Å². The molecule has 0 atom stereocenters. The first-order valence-corrected chi connectivity index (χ1v) is 8.49. The second-order valence-corrected chi connectivity index (χ2v) is 6.29. The van der Waals surface area contributed by atoms with Crippen LogP contribution in [0.2, 0.25) is 0 Å². The minimum absolute atomic E-state index is 0.0824. The van der Waals surface area contributed by atoms with Crippen LogP contribution in [0.15, 0.2) is 57.8 Å². The Balaban J connectivity index is 2.38. The van der Waals surface area contributed by atoms with Crippen LogP contribution in [-0.4, -0.2) is 12.3 Å². The summed E-state index contributed by atoms with van der Waals surface area (Å²) in [6.45, 7) is 2.32. The number of anilines is 1. The second-order valence-electron chi connectivity index (χ2n) is 5.37. The lowest BCUT2D eigenvalue weighted by atomic mass is 10.1. The molecule has 0 saturated carbocycles. The van der Waals surface area contributed by atoms with Crippen LogP contribution in [0.4, 0.5) is 18.9 Å². The van der Waals surface area contributed by atoms with Crippen LogP contribution in [0.1, 0.15) is 28.4 Å². The highest BCUT2D eigenvalue weighted by molar-refractivity contribution is 9.10. The van der Waals surface area contributed by atoms with Crippen molar-refractivity contribution in [3.8, 4) is 0 Å². The third-order valence-electron chi connectivity index (χ3n) is 3.45. The van der Waals surface area contributed by atoms with Gasteiger partial charge in [-0.3, -0.25) is 9.59 Å². The molecular weight excluding hydrogens is 411 g/mol. The number of hydrogen-bond acceptors (Lipinski definition) is 3. The summed E-state index contributed by atoms with van der Waals surface area (Å²) in [6.07, 6.45) is -2.12. The van der Waals surface area contributed by atoms with Crippen LogP contribution in [0.5, 0.6) is 0 Å². The molecule has 2 aromatic rings. The number of halogens is 4. The van der Waals surface area contributed by atoms with E-state index < -0.39 is 23.0 Å². The molecule has 0 spiro atoms. The van der Waals surface area contributed by atoms with Crippen LogP contribution in [-0.2, 0) is 6.18 Å². The first-order valence-electron chi connectivity index (χ1n) is 7.69. The number of ketones is 1. The van der Waals surface area contributed by atoms with E-state index in [0.29, 0.717) is 11.0 Å². The van der Waals surface area contributed by atoms with Crippen molar-refractivity contribution in [2.24, 2.45) is 0 Å². The Labute approximate surface area is 156 Å². The molecule has 0 unspecified atom stereocenters. The van der Waals surface area contributed by atoms with Gasteiger partial charge in [-0.1, -0.05) is 34.1 Å². The quantitative estimate of drug-likeness (QED) is 0.531. The zero-order chi connectivity index (χ0) is 19.3. The number of hydrogen-bond donors (Lipinski definition) is 1. The predicted octanol–water partition coefficient (Wildman–Crippen LogP) is 5.16. The van der Waals surface area contributed by atoms with Gasteiger partial charge in [-0.2, -0.15) is 13.2 Å². The molecule has 0 aliphatic rings. The number of benzene rings is 1. The van der Waals surface area contributed by atoms with Crippen molar-refractivity contribution in [1.82, 2.24) is 0 Å². The molecule has 0 radical (unpaired) electrons. The topological polar surface area (TPSA) is 46.2 Å². The van der Waals surface area contributed by atoms with Gasteiger partial charge < -0.3 is 5.32 Å². The van der Waals surface area contributed by atoms with Crippen LogP contribution in [0.25, 0.3) is 6.08 Å². The summed E-state index contributed by atoms with van der Waals surface area (Å²) < 4.78 is 38.8. The van der Waals surface area contributed by atoms with Crippen LogP contribution < -0.4 is 10.7 Å². The minimum atomic E-state index is -4.46. The van der Waals surface area contributed by atoms with Gasteiger partial charge in [0.2, 0.25) is 5.43 Å². The first kappa shape index (κ1) is 19.9. The van der Waals surface area contributed by atoms with Gasteiger partial charge >= 0.3 is 6.18 Å². The fourth-order valence-electron chi connectivity index (χ4n) is 2.23. The summed E-state index contributed by atoms with van der Waals surface area (Å²) in [5.41, 5.74) is -0.877. The molecule has 0 fully saturated rings. The van der Waals surface area contributed by atoms with Crippen molar-refractivity contribution in [3.63, 3.8) is 0 Å². The van der Waals surface area contributed by atoms with Gasteiger partial charge in [-0.25, -0.2) is 0 Å². The smallest absolute Gasteiger partial charge is 0.382 e. The maximum Gasteiger partial charge on any atom is 0.416 e. The average molecular weight is 426 g/mol. The monoisotopic (exact) mass is 425 g/mol. The summed E-state index contributed by atoms with van der Waals surface area (Å²) in [6, 6.07) is 9.17. The lowest BCUT2D eigenvalue weighted by molar-refractivity contribution is -0.137. The highest BCUT2D eigenvalue weighted by Crippen LogP contribution is 2.29. The predicted molar refractivity (Wildman–Crippen MR) is 99.4 cm³/mol. The zero-order valence-electron chi connectivity index (χ0n) is 13.7. The molecule has 1 N–H and O–H groups in total. The number of nitrogens with one attached hydrogen (secondary N) is 1. The molecule has 0 saturated heterocycles.